The van der Waals surface area contributed by atoms with Crippen LogP contribution in [0, 0.1) is 10.1 Å². The number of thiophene rings is 1. The number of methoxy groups -OCH3 is 1. The Bertz CT molecular complexity index is 923. The summed E-state index contributed by atoms with van der Waals surface area (Å²) in [5, 5.41) is 15.4. The molecule has 1 aliphatic carbocycles. The van der Waals surface area contributed by atoms with E-state index in [1.807, 2.05) is 0 Å². The van der Waals surface area contributed by atoms with Gasteiger partial charge in [-0.2, -0.15) is 0 Å². The van der Waals surface area contributed by atoms with Crippen molar-refractivity contribution in [2.45, 2.75) is 38.7 Å². The Hall–Kier alpha value is -2.94. The molecule has 1 atom stereocenters. The number of hydrogen-bond donors (Lipinski definition) is 1. The van der Waals surface area contributed by atoms with Gasteiger partial charge in [0.1, 0.15) is 11.4 Å². The van der Waals surface area contributed by atoms with Crippen molar-refractivity contribution in [1.29, 1.82) is 0 Å². The molecular formula is C19H20N2O6S. The smallest absolute Gasteiger partial charge is 0.340 e. The zero-order valence-electron chi connectivity index (χ0n) is 15.5. The van der Waals surface area contributed by atoms with Crippen LogP contribution >= 0.6 is 11.3 Å². The third-order valence-corrected chi connectivity index (χ3v) is 5.68. The Morgan fingerprint density at radius 1 is 1.29 bits per heavy atom. The summed E-state index contributed by atoms with van der Waals surface area (Å²) < 4.78 is 10.3. The van der Waals surface area contributed by atoms with Gasteiger partial charge < -0.3 is 14.8 Å². The van der Waals surface area contributed by atoms with E-state index in [9.17, 15) is 19.7 Å². The number of nitro benzene ring substituents is 1. The third-order valence-electron chi connectivity index (χ3n) is 4.59. The zero-order valence-corrected chi connectivity index (χ0v) is 16.3. The summed E-state index contributed by atoms with van der Waals surface area (Å²) in [5.41, 5.74) is 1.22. The second kappa shape index (κ2) is 8.39. The lowest BCUT2D eigenvalue weighted by Crippen LogP contribution is -2.30. The Morgan fingerprint density at radius 3 is 2.75 bits per heavy atom. The summed E-state index contributed by atoms with van der Waals surface area (Å²) in [6.45, 7) is 1.43. The molecule has 2 aromatic rings. The van der Waals surface area contributed by atoms with Gasteiger partial charge in [0.15, 0.2) is 6.10 Å². The van der Waals surface area contributed by atoms with E-state index in [1.165, 1.54) is 48.4 Å². The van der Waals surface area contributed by atoms with Crippen molar-refractivity contribution >= 4 is 34.6 Å². The number of rotatable bonds is 6. The van der Waals surface area contributed by atoms with Gasteiger partial charge in [0.05, 0.1) is 23.7 Å². The zero-order chi connectivity index (χ0) is 20.3. The highest BCUT2D eigenvalue weighted by atomic mass is 32.1. The van der Waals surface area contributed by atoms with Crippen molar-refractivity contribution in [2.75, 3.05) is 12.4 Å². The molecule has 9 heteroatoms. The molecule has 3 rings (SSSR count). The van der Waals surface area contributed by atoms with Crippen LogP contribution in [0.3, 0.4) is 0 Å². The topological polar surface area (TPSA) is 108 Å². The van der Waals surface area contributed by atoms with E-state index >= 15 is 0 Å². The van der Waals surface area contributed by atoms with E-state index in [2.05, 4.69) is 5.32 Å². The molecule has 1 amide bonds. The maximum Gasteiger partial charge on any atom is 0.340 e. The molecule has 8 nitrogen and oxygen atoms in total. The molecule has 148 valence electrons. The number of fused-ring (bicyclic) bond motifs is 1. The van der Waals surface area contributed by atoms with Gasteiger partial charge >= 0.3 is 5.97 Å². The van der Waals surface area contributed by atoms with Gasteiger partial charge in [-0.15, -0.1) is 11.3 Å². The number of nitrogens with zero attached hydrogens (tertiary/aromatic N) is 1. The number of nitro groups is 1. The fraction of sp³-hybridized carbons (Fsp3) is 0.368. The predicted molar refractivity (Wildman–Crippen MR) is 104 cm³/mol. The number of aryl methyl sites for hydroxylation is 1. The highest BCUT2D eigenvalue weighted by molar-refractivity contribution is 7.10. The normalized spacial score (nSPS) is 13.9. The standard InChI is InChI=1S/C19H20N2O6S/c1-11(27-19(23)14-10-28-17-6-4-3-5-13(14)17)18(22)20-15-8-7-12(26-2)9-16(15)21(24)25/h7-11H,3-6H2,1-2H3,(H,20,22)/t11-/m1/s1. The number of esters is 1. The van der Waals surface area contributed by atoms with Gasteiger partial charge in [0.2, 0.25) is 0 Å². The van der Waals surface area contributed by atoms with Crippen LogP contribution in [0.5, 0.6) is 5.75 Å². The lowest BCUT2D eigenvalue weighted by molar-refractivity contribution is -0.384. The minimum absolute atomic E-state index is 0.00612. The summed E-state index contributed by atoms with van der Waals surface area (Å²) in [6.07, 6.45) is 2.84. The summed E-state index contributed by atoms with van der Waals surface area (Å²) in [6, 6.07) is 4.08. The Balaban J connectivity index is 1.69. The van der Waals surface area contributed by atoms with E-state index in [-0.39, 0.29) is 11.4 Å². The van der Waals surface area contributed by atoms with E-state index in [0.717, 1.165) is 31.2 Å². The molecule has 1 N–H and O–H groups in total. The van der Waals surface area contributed by atoms with Crippen LogP contribution in [0.2, 0.25) is 0 Å². The van der Waals surface area contributed by atoms with E-state index in [1.54, 1.807) is 5.38 Å². The number of ether oxygens (including phenoxy) is 2. The first-order valence-corrected chi connectivity index (χ1v) is 9.72. The predicted octanol–water partition coefficient (Wildman–Crippen LogP) is 3.73. The average Bonchev–Trinajstić information content (AvgIpc) is 3.12. The van der Waals surface area contributed by atoms with E-state index in [4.69, 9.17) is 9.47 Å². The second-order valence-corrected chi connectivity index (χ2v) is 7.40. The molecule has 0 fully saturated rings. The quantitative estimate of drug-likeness (QED) is 0.446. The van der Waals surface area contributed by atoms with Crippen molar-refractivity contribution in [2.24, 2.45) is 0 Å². The van der Waals surface area contributed by atoms with Gasteiger partial charge in [-0.1, -0.05) is 0 Å². The summed E-state index contributed by atoms with van der Waals surface area (Å²) in [7, 11) is 1.39. The fourth-order valence-electron chi connectivity index (χ4n) is 3.07. The Morgan fingerprint density at radius 2 is 2.04 bits per heavy atom. The SMILES string of the molecule is COc1ccc(NC(=O)[C@@H](C)OC(=O)c2csc3c2CCCC3)c([N+](=O)[O-])c1. The third kappa shape index (κ3) is 4.14. The largest absolute Gasteiger partial charge is 0.496 e. The highest BCUT2D eigenvalue weighted by Gasteiger charge is 2.26. The maximum atomic E-state index is 12.5. The number of carbonyl (C=O) groups is 2. The molecule has 1 heterocycles. The van der Waals surface area contributed by atoms with Crippen molar-refractivity contribution in [1.82, 2.24) is 0 Å². The van der Waals surface area contributed by atoms with Crippen LogP contribution in [-0.4, -0.2) is 30.0 Å². The molecule has 28 heavy (non-hydrogen) atoms. The summed E-state index contributed by atoms with van der Waals surface area (Å²) in [4.78, 5) is 36.7. The van der Waals surface area contributed by atoms with Crippen LogP contribution in [0.4, 0.5) is 11.4 Å². The first-order valence-electron chi connectivity index (χ1n) is 8.84. The number of hydrogen-bond acceptors (Lipinski definition) is 7. The molecule has 1 aliphatic rings. The monoisotopic (exact) mass is 404 g/mol. The van der Waals surface area contributed by atoms with Gasteiger partial charge in [-0.3, -0.25) is 14.9 Å². The molecule has 0 saturated carbocycles. The van der Waals surface area contributed by atoms with E-state index < -0.39 is 22.9 Å². The molecule has 0 aliphatic heterocycles. The van der Waals surface area contributed by atoms with Gasteiger partial charge in [-0.25, -0.2) is 4.79 Å². The minimum Gasteiger partial charge on any atom is -0.496 e. The minimum atomic E-state index is -1.10. The second-order valence-electron chi connectivity index (χ2n) is 6.44. The molecule has 0 unspecified atom stereocenters. The van der Waals surface area contributed by atoms with Crippen molar-refractivity contribution < 1.29 is 24.0 Å². The molecule has 0 bridgehead atoms. The summed E-state index contributed by atoms with van der Waals surface area (Å²) >= 11 is 1.54. The number of benzene rings is 1. The lowest BCUT2D eigenvalue weighted by atomic mass is 9.96. The van der Waals surface area contributed by atoms with E-state index in [0.29, 0.717) is 11.3 Å². The molecular weight excluding hydrogens is 384 g/mol. The molecule has 0 saturated heterocycles. The molecule has 1 aromatic carbocycles. The van der Waals surface area contributed by atoms with Gasteiger partial charge in [0, 0.05) is 10.3 Å². The number of nitrogens with one attached hydrogen (secondary N) is 1. The van der Waals surface area contributed by atoms with Crippen molar-refractivity contribution in [3.05, 3.63) is 49.7 Å². The molecule has 1 aromatic heterocycles. The van der Waals surface area contributed by atoms with Crippen LogP contribution in [0.25, 0.3) is 0 Å². The van der Waals surface area contributed by atoms with Crippen LogP contribution in [0.15, 0.2) is 23.6 Å². The van der Waals surface area contributed by atoms with Crippen molar-refractivity contribution in [3.8, 4) is 5.75 Å². The number of carbonyl (C=O) groups excluding carboxylic acids is 2. The lowest BCUT2D eigenvalue weighted by Gasteiger charge is -2.15. The van der Waals surface area contributed by atoms with Gasteiger partial charge in [-0.05, 0) is 50.3 Å². The molecule has 0 spiro atoms. The number of anilines is 1. The first-order chi connectivity index (χ1) is 13.4. The highest BCUT2D eigenvalue weighted by Crippen LogP contribution is 2.31. The summed E-state index contributed by atoms with van der Waals surface area (Å²) in [5.74, 6) is -0.900. The van der Waals surface area contributed by atoms with Crippen LogP contribution in [-0.2, 0) is 22.4 Å². The Kier molecular flexibility index (Phi) is 5.93. The van der Waals surface area contributed by atoms with Crippen molar-refractivity contribution in [3.63, 3.8) is 0 Å². The van der Waals surface area contributed by atoms with Gasteiger partial charge in [0.25, 0.3) is 11.6 Å². The van der Waals surface area contributed by atoms with Crippen LogP contribution < -0.4 is 10.1 Å². The maximum absolute atomic E-state index is 12.5. The number of amides is 1. The molecule has 0 radical (unpaired) electrons. The Labute approximate surface area is 165 Å². The average molecular weight is 404 g/mol. The fourth-order valence-corrected chi connectivity index (χ4v) is 4.19. The first kappa shape index (κ1) is 19.8. The van der Waals surface area contributed by atoms with Crippen LogP contribution in [0.1, 0.15) is 40.6 Å².